The topological polar surface area (TPSA) is 85.9 Å². The van der Waals surface area contributed by atoms with E-state index in [-0.39, 0.29) is 0 Å². The van der Waals surface area contributed by atoms with Gasteiger partial charge in [-0.25, -0.2) is 0 Å². The average molecular weight is 444 g/mol. The summed E-state index contributed by atoms with van der Waals surface area (Å²) in [5.74, 6) is 1.85. The molecule has 1 fully saturated rings. The van der Waals surface area contributed by atoms with Gasteiger partial charge in [0.1, 0.15) is 0 Å². The number of aryl methyl sites for hydroxylation is 1. The number of likely N-dealkylation sites (N-methyl/N-ethyl adjacent to an activating group) is 1. The van der Waals surface area contributed by atoms with Crippen LogP contribution in [0.5, 0.6) is 0 Å². The molecule has 0 atom stereocenters. The molecule has 0 saturated carbocycles. The van der Waals surface area contributed by atoms with Crippen molar-refractivity contribution in [3.63, 3.8) is 0 Å². The van der Waals surface area contributed by atoms with Crippen LogP contribution in [0.15, 0.2) is 30.3 Å². The maximum atomic E-state index is 12.8. The number of halogens is 3. The van der Waals surface area contributed by atoms with Gasteiger partial charge < -0.3 is 15.1 Å². The van der Waals surface area contributed by atoms with Gasteiger partial charge in [0.15, 0.2) is 11.6 Å². The fraction of sp³-hybridized carbons (Fsp3) is 0.333. The van der Waals surface area contributed by atoms with Crippen LogP contribution < -0.4 is 10.2 Å². The van der Waals surface area contributed by atoms with E-state index in [9.17, 15) is 13.2 Å². The quantitative estimate of drug-likeness (QED) is 0.622. The molecule has 1 aromatic carbocycles. The first-order valence-corrected chi connectivity index (χ1v) is 10.1. The van der Waals surface area contributed by atoms with E-state index in [1.807, 2.05) is 13.0 Å². The molecule has 0 aliphatic carbocycles. The highest BCUT2D eigenvalue weighted by atomic mass is 19.4. The van der Waals surface area contributed by atoms with Crippen LogP contribution in [-0.2, 0) is 6.18 Å². The fourth-order valence-corrected chi connectivity index (χ4v) is 3.21. The summed E-state index contributed by atoms with van der Waals surface area (Å²) >= 11 is 0. The first kappa shape index (κ1) is 21.8. The Morgan fingerprint density at radius 2 is 1.72 bits per heavy atom. The predicted molar refractivity (Wildman–Crippen MR) is 117 cm³/mol. The Bertz CT molecular complexity index is 1080. The Morgan fingerprint density at radius 3 is 2.34 bits per heavy atom. The molecule has 1 aliphatic rings. The zero-order chi connectivity index (χ0) is 22.7. The molecule has 2 aromatic heterocycles. The van der Waals surface area contributed by atoms with Crippen molar-refractivity contribution in [2.75, 3.05) is 43.4 Å². The van der Waals surface area contributed by atoms with Crippen LogP contribution in [0.2, 0.25) is 0 Å². The van der Waals surface area contributed by atoms with E-state index in [2.05, 4.69) is 47.3 Å². The second-order valence-corrected chi connectivity index (χ2v) is 7.62. The summed E-state index contributed by atoms with van der Waals surface area (Å²) in [7, 11) is 2.07. The summed E-state index contributed by atoms with van der Waals surface area (Å²) in [5.41, 5.74) is 0.813. The number of hydrogen-bond acceptors (Lipinski definition) is 7. The highest BCUT2D eigenvalue weighted by molar-refractivity contribution is 5.68. The van der Waals surface area contributed by atoms with Gasteiger partial charge in [0, 0.05) is 37.9 Å². The minimum absolute atomic E-state index is 0.340. The Hall–Kier alpha value is -3.47. The molecule has 3 aromatic rings. The number of H-pyrrole nitrogens is 1. The highest BCUT2D eigenvalue weighted by Crippen LogP contribution is 2.29. The molecule has 0 spiro atoms. The van der Waals surface area contributed by atoms with Crippen molar-refractivity contribution in [1.29, 1.82) is 0 Å². The van der Waals surface area contributed by atoms with Crippen LogP contribution >= 0.6 is 0 Å². The Morgan fingerprint density at radius 1 is 1.00 bits per heavy atom. The minimum Gasteiger partial charge on any atom is -0.338 e. The van der Waals surface area contributed by atoms with Crippen molar-refractivity contribution in [2.45, 2.75) is 13.1 Å². The number of benzene rings is 1. The molecule has 4 rings (SSSR count). The predicted octanol–water partition coefficient (Wildman–Crippen LogP) is 3.59. The van der Waals surface area contributed by atoms with E-state index in [0.717, 1.165) is 44.0 Å². The van der Waals surface area contributed by atoms with Crippen molar-refractivity contribution in [3.8, 4) is 0 Å². The molecule has 11 heteroatoms. The van der Waals surface area contributed by atoms with Crippen molar-refractivity contribution in [2.24, 2.45) is 0 Å². The molecule has 0 radical (unpaired) electrons. The number of nitrogens with one attached hydrogen (secondary N) is 2. The first-order valence-electron chi connectivity index (χ1n) is 10.1. The monoisotopic (exact) mass is 444 g/mol. The third-order valence-corrected chi connectivity index (χ3v) is 5.04. The van der Waals surface area contributed by atoms with Crippen LogP contribution in [0.25, 0.3) is 12.2 Å². The Balaban J connectivity index is 1.60. The van der Waals surface area contributed by atoms with Crippen LogP contribution in [0.1, 0.15) is 22.6 Å². The second kappa shape index (κ2) is 8.95. The molecule has 0 bridgehead atoms. The van der Waals surface area contributed by atoms with Crippen LogP contribution in [0, 0.1) is 6.92 Å². The molecule has 32 heavy (non-hydrogen) atoms. The smallest absolute Gasteiger partial charge is 0.338 e. The van der Waals surface area contributed by atoms with Crippen LogP contribution in [-0.4, -0.2) is 63.3 Å². The fourth-order valence-electron chi connectivity index (χ4n) is 3.21. The zero-order valence-corrected chi connectivity index (χ0v) is 17.7. The van der Waals surface area contributed by atoms with Gasteiger partial charge in [0.2, 0.25) is 11.9 Å². The van der Waals surface area contributed by atoms with Gasteiger partial charge in [-0.1, -0.05) is 18.2 Å². The molecule has 2 N–H and O–H groups in total. The van der Waals surface area contributed by atoms with E-state index in [1.165, 1.54) is 12.1 Å². The molecular formula is C21H23F3N8. The standard InChI is InChI=1S/C21H23F3N8/c1-14-13-18(30-29-14)26-19-25-17(27-20(28-19)32-11-9-31(2)10-12-32)8-5-15-3-6-16(7-4-15)21(22,23)24/h3-8,13H,9-12H2,1-2H3,(H2,25,26,27,28,29,30)/b8-5+. The molecule has 1 saturated heterocycles. The normalized spacial score (nSPS) is 15.5. The summed E-state index contributed by atoms with van der Waals surface area (Å²) in [4.78, 5) is 17.8. The number of aromatic amines is 1. The minimum atomic E-state index is -4.36. The summed E-state index contributed by atoms with van der Waals surface area (Å²) in [5, 5.41) is 10.1. The summed E-state index contributed by atoms with van der Waals surface area (Å²) in [6.07, 6.45) is -1.03. The van der Waals surface area contributed by atoms with Gasteiger partial charge in [0.05, 0.1) is 5.56 Å². The number of piperazine rings is 1. The van der Waals surface area contributed by atoms with Gasteiger partial charge in [-0.3, -0.25) is 5.10 Å². The molecular weight excluding hydrogens is 421 g/mol. The van der Waals surface area contributed by atoms with Gasteiger partial charge >= 0.3 is 6.18 Å². The Kier molecular flexibility index (Phi) is 6.08. The summed E-state index contributed by atoms with van der Waals surface area (Å²) in [6, 6.07) is 6.75. The zero-order valence-electron chi connectivity index (χ0n) is 17.7. The SMILES string of the molecule is Cc1cc(Nc2nc(/C=C/c3ccc(C(F)(F)F)cc3)nc(N3CCN(C)CC3)n2)n[nH]1. The largest absolute Gasteiger partial charge is 0.416 e. The first-order chi connectivity index (χ1) is 15.3. The number of hydrogen-bond donors (Lipinski definition) is 2. The third-order valence-electron chi connectivity index (χ3n) is 5.04. The van der Waals surface area contributed by atoms with Gasteiger partial charge in [-0.15, -0.1) is 0 Å². The number of nitrogens with zero attached hydrogens (tertiary/aromatic N) is 6. The highest BCUT2D eigenvalue weighted by Gasteiger charge is 2.29. The van der Waals surface area contributed by atoms with E-state index >= 15 is 0 Å². The number of aromatic nitrogens is 5. The maximum Gasteiger partial charge on any atom is 0.416 e. The lowest BCUT2D eigenvalue weighted by atomic mass is 10.1. The summed E-state index contributed by atoms with van der Waals surface area (Å²) in [6.45, 7) is 5.24. The van der Waals surface area contributed by atoms with E-state index in [0.29, 0.717) is 29.1 Å². The van der Waals surface area contributed by atoms with E-state index < -0.39 is 11.7 Å². The molecule has 0 amide bonds. The Labute approximate surface area is 183 Å². The molecule has 3 heterocycles. The van der Waals surface area contributed by atoms with Gasteiger partial charge in [-0.05, 0) is 37.7 Å². The molecule has 1 aliphatic heterocycles. The van der Waals surface area contributed by atoms with E-state index in [4.69, 9.17) is 0 Å². The van der Waals surface area contributed by atoms with E-state index in [1.54, 1.807) is 12.2 Å². The van der Waals surface area contributed by atoms with Crippen LogP contribution in [0.4, 0.5) is 30.9 Å². The van der Waals surface area contributed by atoms with Gasteiger partial charge in [0.25, 0.3) is 0 Å². The summed E-state index contributed by atoms with van der Waals surface area (Å²) < 4.78 is 38.3. The number of rotatable bonds is 5. The lowest BCUT2D eigenvalue weighted by Gasteiger charge is -2.32. The van der Waals surface area contributed by atoms with Crippen molar-refractivity contribution in [1.82, 2.24) is 30.0 Å². The van der Waals surface area contributed by atoms with Crippen molar-refractivity contribution >= 4 is 29.9 Å². The average Bonchev–Trinajstić information content (AvgIpc) is 3.17. The number of anilines is 3. The van der Waals surface area contributed by atoms with Crippen molar-refractivity contribution < 1.29 is 13.2 Å². The molecule has 168 valence electrons. The molecule has 0 unspecified atom stereocenters. The maximum absolute atomic E-state index is 12.8. The number of alkyl halides is 3. The van der Waals surface area contributed by atoms with Crippen LogP contribution in [0.3, 0.4) is 0 Å². The third kappa shape index (κ3) is 5.41. The van der Waals surface area contributed by atoms with Gasteiger partial charge in [-0.2, -0.15) is 33.2 Å². The lowest BCUT2D eigenvalue weighted by Crippen LogP contribution is -2.45. The van der Waals surface area contributed by atoms with Crippen molar-refractivity contribution in [3.05, 3.63) is 53.0 Å². The second-order valence-electron chi connectivity index (χ2n) is 7.62. The molecule has 8 nitrogen and oxygen atoms in total. The lowest BCUT2D eigenvalue weighted by molar-refractivity contribution is -0.137.